The molecule has 1 aliphatic rings. The summed E-state index contributed by atoms with van der Waals surface area (Å²) in [6, 6.07) is 12.7. The number of aromatic nitrogens is 1. The zero-order chi connectivity index (χ0) is 24.4. The number of carbonyl (C=O) groups is 2. The Morgan fingerprint density at radius 3 is 2.41 bits per heavy atom. The lowest BCUT2D eigenvalue weighted by Crippen LogP contribution is -2.37. The normalized spacial score (nSPS) is 14.1. The molecule has 2 N–H and O–H groups in total. The largest absolute Gasteiger partial charge is 0.618 e. The van der Waals surface area contributed by atoms with Crippen LogP contribution in [0.1, 0.15) is 53.2 Å². The van der Waals surface area contributed by atoms with Gasteiger partial charge in [0.25, 0.3) is 6.43 Å². The maximum atomic E-state index is 13.5. The summed E-state index contributed by atoms with van der Waals surface area (Å²) in [7, 11) is 0. The van der Waals surface area contributed by atoms with Gasteiger partial charge in [0.1, 0.15) is 5.92 Å². The van der Waals surface area contributed by atoms with Gasteiger partial charge in [0, 0.05) is 27.9 Å². The molecule has 0 spiro atoms. The highest BCUT2D eigenvalue weighted by molar-refractivity contribution is 6.30. The third kappa shape index (κ3) is 5.34. The lowest BCUT2D eigenvalue weighted by atomic mass is 9.94. The molecule has 0 aliphatic heterocycles. The van der Waals surface area contributed by atoms with Gasteiger partial charge in [-0.2, -0.15) is 4.73 Å². The molecule has 34 heavy (non-hydrogen) atoms. The fourth-order valence-electron chi connectivity index (χ4n) is 3.86. The Morgan fingerprint density at radius 2 is 1.82 bits per heavy atom. The van der Waals surface area contributed by atoms with Crippen molar-refractivity contribution in [1.82, 2.24) is 0 Å². The van der Waals surface area contributed by atoms with Gasteiger partial charge >= 0.3 is 5.97 Å². The molecule has 1 saturated carbocycles. The van der Waals surface area contributed by atoms with Crippen LogP contribution >= 0.6 is 11.6 Å². The number of anilines is 1. The first-order valence-corrected chi connectivity index (χ1v) is 11.1. The second-order valence-corrected chi connectivity index (χ2v) is 8.74. The van der Waals surface area contributed by atoms with Crippen LogP contribution in [0.25, 0.3) is 11.1 Å². The molecule has 0 bridgehead atoms. The number of nitrogens with one attached hydrogen (secondary N) is 1. The van der Waals surface area contributed by atoms with Gasteiger partial charge in [-0.1, -0.05) is 30.5 Å². The predicted molar refractivity (Wildman–Crippen MR) is 123 cm³/mol. The third-order valence-corrected chi connectivity index (χ3v) is 6.08. The van der Waals surface area contributed by atoms with Gasteiger partial charge in [0.05, 0.1) is 5.56 Å². The second kappa shape index (κ2) is 9.77. The smallest absolute Gasteiger partial charge is 0.335 e. The summed E-state index contributed by atoms with van der Waals surface area (Å²) in [6.45, 7) is 0. The number of alkyl halides is 2. The van der Waals surface area contributed by atoms with Crippen molar-refractivity contribution < 1.29 is 28.2 Å². The van der Waals surface area contributed by atoms with Gasteiger partial charge in [0.15, 0.2) is 6.20 Å². The molecule has 1 fully saturated rings. The van der Waals surface area contributed by atoms with Gasteiger partial charge in [-0.05, 0) is 60.4 Å². The van der Waals surface area contributed by atoms with E-state index >= 15 is 0 Å². The number of benzene rings is 2. The van der Waals surface area contributed by atoms with Crippen molar-refractivity contribution in [2.45, 2.75) is 31.6 Å². The predicted octanol–water partition coefficient (Wildman–Crippen LogP) is 5.80. The van der Waals surface area contributed by atoms with Crippen molar-refractivity contribution in [3.05, 3.63) is 87.8 Å². The molecule has 6 nitrogen and oxygen atoms in total. The van der Waals surface area contributed by atoms with Crippen molar-refractivity contribution in [1.29, 1.82) is 0 Å². The number of hydrogen-bond donors (Lipinski definition) is 2. The first kappa shape index (κ1) is 23.6. The molecular formula is C25H21ClF2N2O4. The highest BCUT2D eigenvalue weighted by Gasteiger charge is 2.35. The monoisotopic (exact) mass is 486 g/mol. The van der Waals surface area contributed by atoms with Gasteiger partial charge < -0.3 is 15.6 Å². The number of hydrogen-bond acceptors (Lipinski definition) is 3. The maximum Gasteiger partial charge on any atom is 0.335 e. The molecule has 1 heterocycles. The number of halogens is 3. The van der Waals surface area contributed by atoms with Crippen LogP contribution in [0.15, 0.2) is 60.8 Å². The Morgan fingerprint density at radius 1 is 1.12 bits per heavy atom. The lowest BCUT2D eigenvalue weighted by Gasteiger charge is -2.17. The molecule has 1 amide bonds. The number of rotatable bonds is 8. The highest BCUT2D eigenvalue weighted by Crippen LogP contribution is 2.39. The van der Waals surface area contributed by atoms with E-state index in [9.17, 15) is 23.6 Å². The molecule has 1 aliphatic carbocycles. The van der Waals surface area contributed by atoms with E-state index < -0.39 is 24.2 Å². The van der Waals surface area contributed by atoms with Crippen LogP contribution in [0.5, 0.6) is 0 Å². The SMILES string of the molecule is O=C(O)c1ccc(NC(=O)[C@@H](CC2CC2)c2ccc(-c3cc(Cl)ccc3C(F)F)c[n+]2[O-])cc1. The van der Waals surface area contributed by atoms with E-state index in [1.54, 1.807) is 0 Å². The molecule has 0 radical (unpaired) electrons. The summed E-state index contributed by atoms with van der Waals surface area (Å²) in [5.41, 5.74) is 0.881. The molecular weight excluding hydrogens is 466 g/mol. The fraction of sp³-hybridized carbons (Fsp3) is 0.240. The van der Waals surface area contributed by atoms with Crippen LogP contribution in [0.3, 0.4) is 0 Å². The van der Waals surface area contributed by atoms with E-state index in [1.165, 1.54) is 60.8 Å². The number of aromatic carboxylic acids is 1. The molecule has 2 aromatic carbocycles. The van der Waals surface area contributed by atoms with E-state index in [0.717, 1.165) is 12.8 Å². The Balaban J connectivity index is 1.62. The van der Waals surface area contributed by atoms with Crippen LogP contribution in [0.2, 0.25) is 5.02 Å². The van der Waals surface area contributed by atoms with Crippen molar-refractivity contribution in [3.8, 4) is 11.1 Å². The van der Waals surface area contributed by atoms with Gasteiger partial charge in [0.2, 0.25) is 11.6 Å². The average Bonchev–Trinajstić information content (AvgIpc) is 3.62. The van der Waals surface area contributed by atoms with Crippen LogP contribution in [0.4, 0.5) is 14.5 Å². The average molecular weight is 487 g/mol. The van der Waals surface area contributed by atoms with E-state index in [2.05, 4.69) is 5.32 Å². The zero-order valence-corrected chi connectivity index (χ0v) is 18.6. The molecule has 0 unspecified atom stereocenters. The molecule has 3 aromatic rings. The van der Waals surface area contributed by atoms with E-state index in [-0.39, 0.29) is 33.0 Å². The van der Waals surface area contributed by atoms with Crippen LogP contribution in [0, 0.1) is 11.1 Å². The van der Waals surface area contributed by atoms with E-state index in [4.69, 9.17) is 16.7 Å². The van der Waals surface area contributed by atoms with Crippen molar-refractivity contribution in [2.75, 3.05) is 5.32 Å². The first-order valence-electron chi connectivity index (χ1n) is 10.7. The van der Waals surface area contributed by atoms with Crippen molar-refractivity contribution in [2.24, 2.45) is 5.92 Å². The van der Waals surface area contributed by atoms with Gasteiger partial charge in [-0.15, -0.1) is 0 Å². The van der Waals surface area contributed by atoms with Gasteiger partial charge in [-0.25, -0.2) is 13.6 Å². The van der Waals surface area contributed by atoms with Crippen LogP contribution < -0.4 is 10.0 Å². The van der Waals surface area contributed by atoms with Crippen LogP contribution in [-0.4, -0.2) is 17.0 Å². The Bertz CT molecular complexity index is 1230. The van der Waals surface area contributed by atoms with Crippen molar-refractivity contribution >= 4 is 29.2 Å². The molecule has 9 heteroatoms. The summed E-state index contributed by atoms with van der Waals surface area (Å²) in [5.74, 6) is -1.91. The molecule has 176 valence electrons. The third-order valence-electron chi connectivity index (χ3n) is 5.84. The number of carboxylic acids is 1. The summed E-state index contributed by atoms with van der Waals surface area (Å²) in [4.78, 5) is 24.1. The Kier molecular flexibility index (Phi) is 6.79. The summed E-state index contributed by atoms with van der Waals surface area (Å²) < 4.78 is 27.5. The Labute approximate surface area is 199 Å². The van der Waals surface area contributed by atoms with E-state index in [1.807, 2.05) is 0 Å². The lowest BCUT2D eigenvalue weighted by molar-refractivity contribution is -0.614. The second-order valence-electron chi connectivity index (χ2n) is 8.30. The summed E-state index contributed by atoms with van der Waals surface area (Å²) in [6.07, 6.45) is 0.845. The minimum atomic E-state index is -2.74. The molecule has 1 atom stereocenters. The van der Waals surface area contributed by atoms with Crippen molar-refractivity contribution in [3.63, 3.8) is 0 Å². The number of amides is 1. The number of pyridine rings is 1. The minimum absolute atomic E-state index is 0.0877. The standard InChI is InChI=1S/C25H21ClF2N2O4/c26-17-6-9-19(23(27)28)20(12-17)16-5-10-22(30(34)13-16)21(11-14-1-2-14)24(31)29-18-7-3-15(4-8-18)25(32)33/h3-10,12-14,21,23H,1-2,11H2,(H,29,31)(H,32,33)/t21-/m0/s1. The zero-order valence-electron chi connectivity index (χ0n) is 17.9. The fourth-order valence-corrected chi connectivity index (χ4v) is 4.04. The highest BCUT2D eigenvalue weighted by atomic mass is 35.5. The number of nitrogens with zero attached hydrogens (tertiary/aromatic N) is 1. The first-order chi connectivity index (χ1) is 16.2. The topological polar surface area (TPSA) is 93.3 Å². The Hall–Kier alpha value is -3.52. The summed E-state index contributed by atoms with van der Waals surface area (Å²) in [5, 5.41) is 25.0. The number of carbonyl (C=O) groups excluding carboxylic acids is 1. The van der Waals surface area contributed by atoms with E-state index in [0.29, 0.717) is 22.8 Å². The number of carboxylic acid groups (broad SMARTS) is 1. The van der Waals surface area contributed by atoms with Gasteiger partial charge in [-0.3, -0.25) is 4.79 Å². The summed E-state index contributed by atoms with van der Waals surface area (Å²) >= 11 is 5.99. The quantitative estimate of drug-likeness (QED) is 0.311. The maximum absolute atomic E-state index is 13.5. The minimum Gasteiger partial charge on any atom is -0.618 e. The molecule has 1 aromatic heterocycles. The van der Waals surface area contributed by atoms with Crippen LogP contribution in [-0.2, 0) is 4.79 Å². The molecule has 4 rings (SSSR count). The molecule has 0 saturated heterocycles.